The molecule has 1 amide bonds. The smallest absolute Gasteiger partial charge is 0.261 e. The van der Waals surface area contributed by atoms with Crippen LogP contribution in [0.2, 0.25) is 0 Å². The van der Waals surface area contributed by atoms with Crippen molar-refractivity contribution < 1.29 is 9.18 Å². The van der Waals surface area contributed by atoms with Gasteiger partial charge in [0.1, 0.15) is 5.82 Å². The Kier molecular flexibility index (Phi) is 6.19. The molecule has 0 atom stereocenters. The van der Waals surface area contributed by atoms with Crippen molar-refractivity contribution in [1.82, 2.24) is 0 Å². The summed E-state index contributed by atoms with van der Waals surface area (Å²) in [7, 11) is 1.91. The molecule has 0 bridgehead atoms. The summed E-state index contributed by atoms with van der Waals surface area (Å²) in [5, 5.41) is 0. The second kappa shape index (κ2) is 8.78. The Balaban J connectivity index is 1.91. The zero-order chi connectivity index (χ0) is 20.1. The number of anilines is 2. The minimum Gasteiger partial charge on any atom is -0.403 e. The number of nitrogens with zero attached hydrogens (tertiary/aromatic N) is 2. The molecule has 1 aliphatic rings. The molecule has 0 spiro atoms. The molecule has 1 aliphatic carbocycles. The molecule has 148 valence electrons. The maximum atomic E-state index is 14.3. The van der Waals surface area contributed by atoms with Crippen LogP contribution in [0.5, 0.6) is 0 Å². The molecule has 28 heavy (non-hydrogen) atoms. The summed E-state index contributed by atoms with van der Waals surface area (Å²) in [6.45, 7) is 1.06. The predicted octanol–water partition coefficient (Wildman–Crippen LogP) is 3.47. The van der Waals surface area contributed by atoms with E-state index in [0.29, 0.717) is 24.7 Å². The van der Waals surface area contributed by atoms with E-state index in [1.54, 1.807) is 17.0 Å². The fourth-order valence-electron chi connectivity index (χ4n) is 3.34. The van der Waals surface area contributed by atoms with Crippen molar-refractivity contribution in [3.8, 4) is 0 Å². The maximum Gasteiger partial charge on any atom is 0.261 e. The van der Waals surface area contributed by atoms with Crippen LogP contribution in [-0.2, 0) is 0 Å². The van der Waals surface area contributed by atoms with Gasteiger partial charge in [0, 0.05) is 36.9 Å². The lowest BCUT2D eigenvalue weighted by molar-refractivity contribution is 0.0973. The number of carbonyl (C=O) groups excluding carboxylic acids is 1. The molecule has 3 rings (SSSR count). The van der Waals surface area contributed by atoms with E-state index < -0.39 is 5.82 Å². The zero-order valence-electron chi connectivity index (χ0n) is 16.1. The third kappa shape index (κ3) is 4.44. The van der Waals surface area contributed by atoms with Crippen molar-refractivity contribution in [2.75, 3.05) is 29.9 Å². The van der Waals surface area contributed by atoms with Crippen molar-refractivity contribution in [2.24, 2.45) is 17.4 Å². The SMILES string of the molecule is CN(C/C(N)=C/N)c1cccc(N(CC2CCC2)C(=O)c2ccccc2F)c1. The molecule has 1 saturated carbocycles. The lowest BCUT2D eigenvalue weighted by Crippen LogP contribution is -2.38. The highest BCUT2D eigenvalue weighted by atomic mass is 19.1. The number of likely N-dealkylation sites (N-methyl/N-ethyl adjacent to an activating group) is 1. The highest BCUT2D eigenvalue weighted by Crippen LogP contribution is 2.31. The summed E-state index contributed by atoms with van der Waals surface area (Å²) in [5.41, 5.74) is 13.6. The minimum atomic E-state index is -0.500. The van der Waals surface area contributed by atoms with Crippen LogP contribution < -0.4 is 21.3 Å². The van der Waals surface area contributed by atoms with Gasteiger partial charge in [-0.2, -0.15) is 0 Å². The number of carbonyl (C=O) groups is 1. The van der Waals surface area contributed by atoms with Crippen LogP contribution in [0.1, 0.15) is 29.6 Å². The quantitative estimate of drug-likeness (QED) is 0.769. The van der Waals surface area contributed by atoms with E-state index in [9.17, 15) is 9.18 Å². The van der Waals surface area contributed by atoms with Crippen LogP contribution >= 0.6 is 0 Å². The molecule has 0 aromatic heterocycles. The molecule has 6 heteroatoms. The third-order valence-corrected chi connectivity index (χ3v) is 5.23. The van der Waals surface area contributed by atoms with Crippen LogP contribution in [-0.4, -0.2) is 26.0 Å². The number of hydrogen-bond donors (Lipinski definition) is 2. The molecule has 0 saturated heterocycles. The molecule has 5 nitrogen and oxygen atoms in total. The van der Waals surface area contributed by atoms with Gasteiger partial charge in [-0.05, 0) is 49.1 Å². The first kappa shape index (κ1) is 19.7. The van der Waals surface area contributed by atoms with Gasteiger partial charge in [-0.15, -0.1) is 0 Å². The van der Waals surface area contributed by atoms with E-state index in [4.69, 9.17) is 11.5 Å². The van der Waals surface area contributed by atoms with Crippen molar-refractivity contribution in [3.63, 3.8) is 0 Å². The lowest BCUT2D eigenvalue weighted by Gasteiger charge is -2.33. The average Bonchev–Trinajstić information content (AvgIpc) is 2.67. The molecule has 4 N–H and O–H groups in total. The number of hydrogen-bond acceptors (Lipinski definition) is 4. The number of rotatable bonds is 7. The van der Waals surface area contributed by atoms with Gasteiger partial charge in [-0.3, -0.25) is 4.79 Å². The van der Waals surface area contributed by atoms with Gasteiger partial charge in [0.25, 0.3) is 5.91 Å². The minimum absolute atomic E-state index is 0.0934. The molecule has 2 aromatic carbocycles. The monoisotopic (exact) mass is 382 g/mol. The topological polar surface area (TPSA) is 75.6 Å². The normalized spacial score (nSPS) is 14.4. The van der Waals surface area contributed by atoms with Crippen LogP contribution in [0.15, 0.2) is 60.4 Å². The Bertz CT molecular complexity index is 863. The molecule has 0 heterocycles. The number of halogens is 1. The van der Waals surface area contributed by atoms with E-state index in [2.05, 4.69) is 0 Å². The van der Waals surface area contributed by atoms with Crippen molar-refractivity contribution in [3.05, 3.63) is 71.8 Å². The van der Waals surface area contributed by atoms with Gasteiger partial charge in [-0.1, -0.05) is 24.6 Å². The molecule has 1 fully saturated rings. The predicted molar refractivity (Wildman–Crippen MR) is 112 cm³/mol. The summed E-state index contributed by atoms with van der Waals surface area (Å²) >= 11 is 0. The Morgan fingerprint density at radius 3 is 2.54 bits per heavy atom. The van der Waals surface area contributed by atoms with E-state index >= 15 is 0 Å². The van der Waals surface area contributed by atoms with E-state index in [-0.39, 0.29) is 11.5 Å². The second-order valence-corrected chi connectivity index (χ2v) is 7.31. The summed E-state index contributed by atoms with van der Waals surface area (Å²) in [6, 6.07) is 13.8. The van der Waals surface area contributed by atoms with E-state index in [1.165, 1.54) is 24.8 Å². The summed E-state index contributed by atoms with van der Waals surface area (Å²) < 4.78 is 14.3. The second-order valence-electron chi connectivity index (χ2n) is 7.31. The van der Waals surface area contributed by atoms with Gasteiger partial charge in [0.05, 0.1) is 12.1 Å². The van der Waals surface area contributed by atoms with E-state index in [1.807, 2.05) is 36.2 Å². The number of nitrogens with two attached hydrogens (primary N) is 2. The van der Waals surface area contributed by atoms with E-state index in [0.717, 1.165) is 24.2 Å². The molecule has 0 unspecified atom stereocenters. The highest BCUT2D eigenvalue weighted by Gasteiger charge is 2.27. The summed E-state index contributed by atoms with van der Waals surface area (Å²) in [4.78, 5) is 16.8. The molecule has 2 aromatic rings. The fourth-order valence-corrected chi connectivity index (χ4v) is 3.34. The first-order valence-electron chi connectivity index (χ1n) is 9.53. The lowest BCUT2D eigenvalue weighted by atomic mass is 9.85. The highest BCUT2D eigenvalue weighted by molar-refractivity contribution is 6.06. The Labute approximate surface area is 165 Å². The van der Waals surface area contributed by atoms with Gasteiger partial charge in [-0.25, -0.2) is 4.39 Å². The van der Waals surface area contributed by atoms with Crippen LogP contribution in [0.4, 0.5) is 15.8 Å². The van der Waals surface area contributed by atoms with Gasteiger partial charge >= 0.3 is 0 Å². The Hall–Kier alpha value is -3.02. The van der Waals surface area contributed by atoms with Gasteiger partial charge in [0.15, 0.2) is 0 Å². The number of benzene rings is 2. The van der Waals surface area contributed by atoms with Crippen molar-refractivity contribution >= 4 is 17.3 Å². The summed E-state index contributed by atoms with van der Waals surface area (Å²) in [6.07, 6.45) is 4.75. The van der Waals surface area contributed by atoms with Crippen LogP contribution in [0.3, 0.4) is 0 Å². The summed E-state index contributed by atoms with van der Waals surface area (Å²) in [5.74, 6) is -0.362. The zero-order valence-corrected chi connectivity index (χ0v) is 16.1. The van der Waals surface area contributed by atoms with Gasteiger partial charge in [0.2, 0.25) is 0 Å². The largest absolute Gasteiger partial charge is 0.403 e. The van der Waals surface area contributed by atoms with Crippen LogP contribution in [0.25, 0.3) is 0 Å². The van der Waals surface area contributed by atoms with Crippen LogP contribution in [0, 0.1) is 11.7 Å². The fraction of sp³-hybridized carbons (Fsp3) is 0.318. The molecular formula is C22H27FN4O. The first-order valence-corrected chi connectivity index (χ1v) is 9.53. The Morgan fingerprint density at radius 2 is 1.89 bits per heavy atom. The molecular weight excluding hydrogens is 355 g/mol. The number of amides is 1. The third-order valence-electron chi connectivity index (χ3n) is 5.23. The van der Waals surface area contributed by atoms with Crippen molar-refractivity contribution in [2.45, 2.75) is 19.3 Å². The average molecular weight is 382 g/mol. The standard InChI is InChI=1S/C22H27FN4O/c1-26(15-17(25)13-24)18-8-5-9-19(12-18)27(14-16-6-4-7-16)22(28)20-10-2-3-11-21(20)23/h2-3,5,8-13,16H,4,6-7,14-15,24-25H2,1H3/b17-13-. The molecule has 0 radical (unpaired) electrons. The maximum absolute atomic E-state index is 14.3. The Morgan fingerprint density at radius 1 is 1.18 bits per heavy atom. The van der Waals surface area contributed by atoms with Gasteiger partial charge < -0.3 is 21.3 Å². The molecule has 0 aliphatic heterocycles. The van der Waals surface area contributed by atoms with Crippen molar-refractivity contribution in [1.29, 1.82) is 0 Å². The first-order chi connectivity index (χ1) is 13.5.